The quantitative estimate of drug-likeness (QED) is 0.782. The van der Waals surface area contributed by atoms with E-state index < -0.39 is 0 Å². The molecule has 1 aromatic carbocycles. The molecule has 0 radical (unpaired) electrons. The third-order valence-electron chi connectivity index (χ3n) is 2.72. The zero-order valence-electron chi connectivity index (χ0n) is 7.98. The monoisotopic (exact) mass is 264 g/mol. The van der Waals surface area contributed by atoms with Gasteiger partial charge in [-0.25, -0.2) is 4.98 Å². The van der Waals surface area contributed by atoms with Crippen molar-refractivity contribution in [3.8, 4) is 0 Å². The molecule has 3 rings (SSSR count). The van der Waals surface area contributed by atoms with Crippen LogP contribution >= 0.6 is 15.9 Å². The summed E-state index contributed by atoms with van der Waals surface area (Å²) in [6.45, 7) is 0. The first-order chi connectivity index (χ1) is 7.29. The Morgan fingerprint density at radius 3 is 2.93 bits per heavy atom. The Morgan fingerprint density at radius 2 is 2.27 bits per heavy atom. The van der Waals surface area contributed by atoms with Crippen LogP contribution in [-0.2, 0) is 0 Å². The second-order valence-electron chi connectivity index (χ2n) is 3.87. The number of aromatic nitrogens is 2. The molecule has 1 fully saturated rings. The van der Waals surface area contributed by atoms with Crippen molar-refractivity contribution in [2.24, 2.45) is 0 Å². The molecule has 0 saturated heterocycles. The van der Waals surface area contributed by atoms with Crippen molar-refractivity contribution in [2.45, 2.75) is 18.9 Å². The van der Waals surface area contributed by atoms with E-state index in [2.05, 4.69) is 25.5 Å². The van der Waals surface area contributed by atoms with Crippen molar-refractivity contribution in [2.75, 3.05) is 0 Å². The Hall–Kier alpha value is -1.16. The van der Waals surface area contributed by atoms with Crippen molar-refractivity contribution in [3.63, 3.8) is 0 Å². The summed E-state index contributed by atoms with van der Waals surface area (Å²) in [4.78, 5) is 15.0. The van der Waals surface area contributed by atoms with Crippen LogP contribution in [0.15, 0.2) is 22.9 Å². The first kappa shape index (κ1) is 9.09. The Labute approximate surface area is 95.2 Å². The fraction of sp³-hybridized carbons (Fsp3) is 0.273. The van der Waals surface area contributed by atoms with Crippen LogP contribution in [0.5, 0.6) is 0 Å². The lowest BCUT2D eigenvalue weighted by molar-refractivity contribution is 0.112. The van der Waals surface area contributed by atoms with Crippen LogP contribution in [0.25, 0.3) is 11.0 Å². The minimum Gasteiger partial charge on any atom is -0.327 e. The number of carbonyl (C=O) groups excluding carboxylic acids is 1. The Bertz CT molecular complexity index is 543. The van der Waals surface area contributed by atoms with E-state index in [1.807, 2.05) is 18.5 Å². The van der Waals surface area contributed by atoms with Gasteiger partial charge in [-0.1, -0.05) is 0 Å². The SMILES string of the molecule is O=Cc1cc(Br)c2c(c1)ncn2C1CC1. The van der Waals surface area contributed by atoms with E-state index in [-0.39, 0.29) is 0 Å². The molecule has 1 heterocycles. The molecule has 0 spiro atoms. The normalized spacial score (nSPS) is 15.8. The highest BCUT2D eigenvalue weighted by atomic mass is 79.9. The number of fused-ring (bicyclic) bond motifs is 1. The van der Waals surface area contributed by atoms with Gasteiger partial charge in [-0.3, -0.25) is 4.79 Å². The lowest BCUT2D eigenvalue weighted by Gasteiger charge is -2.03. The summed E-state index contributed by atoms with van der Waals surface area (Å²) in [6.07, 6.45) is 5.17. The number of imidazole rings is 1. The molecule has 15 heavy (non-hydrogen) atoms. The van der Waals surface area contributed by atoms with Gasteiger partial charge in [-0.15, -0.1) is 0 Å². The number of nitrogens with zero attached hydrogens (tertiary/aromatic N) is 2. The van der Waals surface area contributed by atoms with E-state index in [0.29, 0.717) is 11.6 Å². The Balaban J connectivity index is 2.29. The van der Waals surface area contributed by atoms with Crippen LogP contribution in [0.4, 0.5) is 0 Å². The average molecular weight is 265 g/mol. The zero-order valence-corrected chi connectivity index (χ0v) is 9.57. The molecule has 1 saturated carbocycles. The van der Waals surface area contributed by atoms with E-state index in [0.717, 1.165) is 21.8 Å². The molecule has 3 nitrogen and oxygen atoms in total. The van der Waals surface area contributed by atoms with Gasteiger partial charge in [0.2, 0.25) is 0 Å². The minimum absolute atomic E-state index is 0.605. The average Bonchev–Trinajstić information content (AvgIpc) is 2.99. The maximum Gasteiger partial charge on any atom is 0.150 e. The van der Waals surface area contributed by atoms with Gasteiger partial charge >= 0.3 is 0 Å². The van der Waals surface area contributed by atoms with Crippen molar-refractivity contribution in [1.29, 1.82) is 0 Å². The largest absolute Gasteiger partial charge is 0.327 e. The first-order valence-electron chi connectivity index (χ1n) is 4.91. The van der Waals surface area contributed by atoms with Gasteiger partial charge in [0, 0.05) is 16.1 Å². The van der Waals surface area contributed by atoms with Gasteiger partial charge < -0.3 is 4.57 Å². The molecule has 1 aliphatic carbocycles. The van der Waals surface area contributed by atoms with Crippen LogP contribution in [0, 0.1) is 0 Å². The lowest BCUT2D eigenvalue weighted by Crippen LogP contribution is -1.92. The maximum absolute atomic E-state index is 10.7. The van der Waals surface area contributed by atoms with Crippen LogP contribution in [0.2, 0.25) is 0 Å². The van der Waals surface area contributed by atoms with Gasteiger partial charge in [-0.2, -0.15) is 0 Å². The Kier molecular flexibility index (Phi) is 1.92. The highest BCUT2D eigenvalue weighted by Gasteiger charge is 2.25. The Morgan fingerprint density at radius 1 is 1.47 bits per heavy atom. The molecule has 0 amide bonds. The first-order valence-corrected chi connectivity index (χ1v) is 5.70. The summed E-state index contributed by atoms with van der Waals surface area (Å²) < 4.78 is 3.14. The zero-order chi connectivity index (χ0) is 10.4. The molecule has 4 heteroatoms. The molecule has 2 aromatic rings. The topological polar surface area (TPSA) is 34.9 Å². The maximum atomic E-state index is 10.7. The summed E-state index contributed by atoms with van der Waals surface area (Å²) in [7, 11) is 0. The van der Waals surface area contributed by atoms with E-state index in [4.69, 9.17) is 0 Å². The predicted molar refractivity (Wildman–Crippen MR) is 61.1 cm³/mol. The summed E-state index contributed by atoms with van der Waals surface area (Å²) in [5, 5.41) is 0. The molecule has 76 valence electrons. The third kappa shape index (κ3) is 1.40. The van der Waals surface area contributed by atoms with Crippen molar-refractivity contribution >= 4 is 33.2 Å². The molecule has 0 unspecified atom stereocenters. The van der Waals surface area contributed by atoms with Crippen LogP contribution in [-0.4, -0.2) is 15.8 Å². The smallest absolute Gasteiger partial charge is 0.150 e. The number of aldehydes is 1. The number of benzene rings is 1. The van der Waals surface area contributed by atoms with E-state index in [9.17, 15) is 4.79 Å². The highest BCUT2D eigenvalue weighted by molar-refractivity contribution is 9.10. The van der Waals surface area contributed by atoms with Gasteiger partial charge in [0.05, 0.1) is 17.4 Å². The summed E-state index contributed by atoms with van der Waals surface area (Å²) in [5.74, 6) is 0. The van der Waals surface area contributed by atoms with Crippen molar-refractivity contribution in [1.82, 2.24) is 9.55 Å². The molecule has 0 atom stereocenters. The lowest BCUT2D eigenvalue weighted by atomic mass is 10.2. The van der Waals surface area contributed by atoms with Crippen LogP contribution in [0.1, 0.15) is 29.2 Å². The number of hydrogen-bond acceptors (Lipinski definition) is 2. The highest BCUT2D eigenvalue weighted by Crippen LogP contribution is 2.39. The van der Waals surface area contributed by atoms with Crippen LogP contribution < -0.4 is 0 Å². The van der Waals surface area contributed by atoms with Crippen molar-refractivity contribution in [3.05, 3.63) is 28.5 Å². The molecule has 1 aliphatic rings. The number of halogens is 1. The van der Waals surface area contributed by atoms with Crippen LogP contribution in [0.3, 0.4) is 0 Å². The second-order valence-corrected chi connectivity index (χ2v) is 4.73. The molecular formula is C11H9BrN2O. The second kappa shape index (κ2) is 3.17. The van der Waals surface area contributed by atoms with E-state index in [1.165, 1.54) is 12.8 Å². The summed E-state index contributed by atoms with van der Waals surface area (Å²) >= 11 is 3.49. The fourth-order valence-electron chi connectivity index (χ4n) is 1.84. The number of hydrogen-bond donors (Lipinski definition) is 0. The summed E-state index contributed by atoms with van der Waals surface area (Å²) in [6, 6.07) is 4.27. The molecule has 0 aliphatic heterocycles. The third-order valence-corrected chi connectivity index (χ3v) is 3.33. The fourth-order valence-corrected chi connectivity index (χ4v) is 2.51. The summed E-state index contributed by atoms with van der Waals surface area (Å²) in [5.41, 5.74) is 2.65. The minimum atomic E-state index is 0.605. The molecule has 0 bridgehead atoms. The molecule has 1 aromatic heterocycles. The molecule has 0 N–H and O–H groups in total. The van der Waals surface area contributed by atoms with E-state index >= 15 is 0 Å². The van der Waals surface area contributed by atoms with Gasteiger partial charge in [0.1, 0.15) is 6.29 Å². The van der Waals surface area contributed by atoms with Gasteiger partial charge in [-0.05, 0) is 40.9 Å². The number of rotatable bonds is 2. The van der Waals surface area contributed by atoms with E-state index in [1.54, 1.807) is 0 Å². The number of carbonyl (C=O) groups is 1. The van der Waals surface area contributed by atoms with Gasteiger partial charge in [0.15, 0.2) is 0 Å². The van der Waals surface area contributed by atoms with Crippen molar-refractivity contribution < 1.29 is 4.79 Å². The molecular weight excluding hydrogens is 256 g/mol. The standard InChI is InChI=1S/C11H9BrN2O/c12-9-3-7(5-15)4-10-11(9)14(6-13-10)8-1-2-8/h3-6,8H,1-2H2. The van der Waals surface area contributed by atoms with Gasteiger partial charge in [0.25, 0.3) is 0 Å². The predicted octanol–water partition coefficient (Wildman–Crippen LogP) is 2.95.